The number of aryl methyl sites for hydroxylation is 2. The van der Waals surface area contributed by atoms with Gasteiger partial charge in [0.25, 0.3) is 5.91 Å². The van der Waals surface area contributed by atoms with Crippen LogP contribution >= 0.6 is 11.8 Å². The number of nitrogens with zero attached hydrogens (tertiary/aromatic N) is 3. The van der Waals surface area contributed by atoms with Crippen molar-refractivity contribution >= 4 is 34.9 Å². The molecule has 0 saturated heterocycles. The molecule has 0 aliphatic rings. The van der Waals surface area contributed by atoms with E-state index in [1.807, 2.05) is 49.4 Å². The number of para-hydroxylation sites is 2. The predicted octanol–water partition coefficient (Wildman–Crippen LogP) is 4.94. The van der Waals surface area contributed by atoms with Gasteiger partial charge in [0.1, 0.15) is 0 Å². The minimum atomic E-state index is -0.163. The first-order valence-electron chi connectivity index (χ1n) is 10.1. The van der Waals surface area contributed by atoms with Crippen molar-refractivity contribution in [3.63, 3.8) is 0 Å². The van der Waals surface area contributed by atoms with Crippen LogP contribution < -0.4 is 5.43 Å². The first-order valence-corrected chi connectivity index (χ1v) is 11.1. The Labute approximate surface area is 186 Å². The molecule has 0 fully saturated rings. The lowest BCUT2D eigenvalue weighted by Gasteiger charge is -2.09. The highest BCUT2D eigenvalue weighted by Gasteiger charge is 2.13. The molecule has 0 bridgehead atoms. The van der Waals surface area contributed by atoms with E-state index in [-0.39, 0.29) is 11.7 Å². The minimum absolute atomic E-state index is 0.163. The number of carbonyl (C=O) groups is 1. The summed E-state index contributed by atoms with van der Waals surface area (Å²) in [5.41, 5.74) is 9.12. The Balaban J connectivity index is 1.46. The first kappa shape index (κ1) is 20.9. The van der Waals surface area contributed by atoms with Crippen LogP contribution in [0.25, 0.3) is 11.0 Å². The van der Waals surface area contributed by atoms with Crippen molar-refractivity contribution < 1.29 is 4.79 Å². The number of aromatic nitrogens is 2. The van der Waals surface area contributed by atoms with Crippen molar-refractivity contribution in [2.24, 2.45) is 5.10 Å². The van der Waals surface area contributed by atoms with Crippen LogP contribution in [-0.2, 0) is 11.3 Å². The topological polar surface area (TPSA) is 59.3 Å². The van der Waals surface area contributed by atoms with Crippen LogP contribution in [0.3, 0.4) is 0 Å². The fourth-order valence-corrected chi connectivity index (χ4v) is 4.07. The second-order valence-electron chi connectivity index (χ2n) is 7.39. The van der Waals surface area contributed by atoms with Crippen LogP contribution in [0, 0.1) is 13.8 Å². The number of nitrogens with one attached hydrogen (secondary N) is 1. The number of thioether (sulfide) groups is 1. The molecule has 4 rings (SSSR count). The third-order valence-corrected chi connectivity index (χ3v) is 5.97. The number of rotatable bonds is 7. The zero-order chi connectivity index (χ0) is 21.6. The number of hydrazone groups is 1. The summed E-state index contributed by atoms with van der Waals surface area (Å²) in [6.07, 6.45) is 1.67. The van der Waals surface area contributed by atoms with Crippen LogP contribution in [-0.4, -0.2) is 27.4 Å². The molecule has 4 aromatic rings. The molecule has 5 nitrogen and oxygen atoms in total. The summed E-state index contributed by atoms with van der Waals surface area (Å²) < 4.78 is 2.16. The lowest BCUT2D eigenvalue weighted by atomic mass is 10.1. The maximum Gasteiger partial charge on any atom is 0.250 e. The van der Waals surface area contributed by atoms with Gasteiger partial charge in [-0.05, 0) is 42.7 Å². The summed E-state index contributed by atoms with van der Waals surface area (Å²) in [5.74, 6) is 0.0753. The van der Waals surface area contributed by atoms with Crippen LogP contribution in [0.1, 0.15) is 22.3 Å². The third kappa shape index (κ3) is 5.22. The molecule has 31 heavy (non-hydrogen) atoms. The summed E-state index contributed by atoms with van der Waals surface area (Å²) in [4.78, 5) is 17.1. The number of benzene rings is 3. The number of imidazole rings is 1. The Morgan fingerprint density at radius 2 is 1.77 bits per heavy atom. The molecule has 0 aliphatic heterocycles. The molecule has 1 aromatic heterocycles. The SMILES string of the molecule is Cc1ccc(Cn2c(SCC(=O)N/N=C/c3ccccc3C)nc3ccccc32)cc1. The van der Waals surface area contributed by atoms with Crippen molar-refractivity contribution in [3.8, 4) is 0 Å². The Hall–Kier alpha value is -3.38. The standard InChI is InChI=1S/C25H24N4OS/c1-18-11-13-20(14-12-18)16-29-23-10-6-5-9-22(23)27-25(29)31-17-24(30)28-26-15-21-8-4-3-7-19(21)2/h3-15H,16-17H2,1-2H3,(H,28,30)/b26-15+. The van der Waals surface area contributed by atoms with Gasteiger partial charge in [-0.25, -0.2) is 10.4 Å². The molecule has 1 heterocycles. The van der Waals surface area contributed by atoms with E-state index in [0.717, 1.165) is 27.3 Å². The Morgan fingerprint density at radius 3 is 2.58 bits per heavy atom. The fourth-order valence-electron chi connectivity index (χ4n) is 3.26. The van der Waals surface area contributed by atoms with E-state index < -0.39 is 0 Å². The summed E-state index contributed by atoms with van der Waals surface area (Å²) >= 11 is 1.42. The summed E-state index contributed by atoms with van der Waals surface area (Å²) in [6, 6.07) is 24.4. The van der Waals surface area contributed by atoms with Crippen molar-refractivity contribution in [3.05, 3.63) is 95.1 Å². The van der Waals surface area contributed by atoms with E-state index in [2.05, 4.69) is 52.3 Å². The Bertz CT molecular complexity index is 1230. The molecule has 0 atom stereocenters. The molecule has 0 spiro atoms. The van der Waals surface area contributed by atoms with E-state index >= 15 is 0 Å². The lowest BCUT2D eigenvalue weighted by molar-refractivity contribution is -0.118. The van der Waals surface area contributed by atoms with Crippen LogP contribution in [0.4, 0.5) is 0 Å². The van der Waals surface area contributed by atoms with Gasteiger partial charge in [0.2, 0.25) is 0 Å². The lowest BCUT2D eigenvalue weighted by Crippen LogP contribution is -2.20. The van der Waals surface area contributed by atoms with Crippen molar-refractivity contribution in [2.45, 2.75) is 25.5 Å². The molecular formula is C25H24N4OS. The average molecular weight is 429 g/mol. The van der Waals surface area contributed by atoms with Gasteiger partial charge in [-0.2, -0.15) is 5.10 Å². The quantitative estimate of drug-likeness (QED) is 0.258. The fraction of sp³-hybridized carbons (Fsp3) is 0.160. The normalized spacial score (nSPS) is 11.3. The highest BCUT2D eigenvalue weighted by Crippen LogP contribution is 2.25. The average Bonchev–Trinajstić information content (AvgIpc) is 3.12. The van der Waals surface area contributed by atoms with Crippen molar-refractivity contribution in [1.29, 1.82) is 0 Å². The minimum Gasteiger partial charge on any atom is -0.314 e. The number of amides is 1. The molecule has 3 aromatic carbocycles. The molecule has 1 N–H and O–H groups in total. The number of fused-ring (bicyclic) bond motifs is 1. The Morgan fingerprint density at radius 1 is 1.03 bits per heavy atom. The van der Waals surface area contributed by atoms with Gasteiger partial charge >= 0.3 is 0 Å². The summed E-state index contributed by atoms with van der Waals surface area (Å²) in [5, 5.41) is 4.91. The largest absolute Gasteiger partial charge is 0.314 e. The number of carbonyl (C=O) groups excluding carboxylic acids is 1. The highest BCUT2D eigenvalue weighted by atomic mass is 32.2. The number of hydrogen-bond donors (Lipinski definition) is 1. The summed E-state index contributed by atoms with van der Waals surface area (Å²) in [6.45, 7) is 4.80. The summed E-state index contributed by atoms with van der Waals surface area (Å²) in [7, 11) is 0. The second-order valence-corrected chi connectivity index (χ2v) is 8.34. The molecule has 1 amide bonds. The van der Waals surface area contributed by atoms with Gasteiger partial charge in [0.05, 0.1) is 29.5 Å². The van der Waals surface area contributed by atoms with E-state index in [0.29, 0.717) is 6.54 Å². The van der Waals surface area contributed by atoms with Gasteiger partial charge < -0.3 is 4.57 Å². The van der Waals surface area contributed by atoms with Crippen LogP contribution in [0.15, 0.2) is 83.1 Å². The smallest absolute Gasteiger partial charge is 0.250 e. The molecular weight excluding hydrogens is 404 g/mol. The van der Waals surface area contributed by atoms with Gasteiger partial charge in [-0.3, -0.25) is 4.79 Å². The molecule has 0 radical (unpaired) electrons. The van der Waals surface area contributed by atoms with E-state index in [1.54, 1.807) is 6.21 Å². The Kier molecular flexibility index (Phi) is 6.48. The van der Waals surface area contributed by atoms with E-state index in [4.69, 9.17) is 4.98 Å². The van der Waals surface area contributed by atoms with Crippen molar-refractivity contribution in [1.82, 2.24) is 15.0 Å². The van der Waals surface area contributed by atoms with Gasteiger partial charge in [-0.15, -0.1) is 0 Å². The maximum absolute atomic E-state index is 12.3. The molecule has 0 saturated carbocycles. The maximum atomic E-state index is 12.3. The van der Waals surface area contributed by atoms with Gasteiger partial charge in [0.15, 0.2) is 5.16 Å². The zero-order valence-electron chi connectivity index (χ0n) is 17.6. The monoisotopic (exact) mass is 428 g/mol. The number of hydrogen-bond acceptors (Lipinski definition) is 4. The third-order valence-electron chi connectivity index (χ3n) is 4.99. The first-order chi connectivity index (χ1) is 15.1. The van der Waals surface area contributed by atoms with Gasteiger partial charge in [-0.1, -0.05) is 78.0 Å². The van der Waals surface area contributed by atoms with Crippen LogP contribution in [0.5, 0.6) is 0 Å². The predicted molar refractivity (Wildman–Crippen MR) is 128 cm³/mol. The molecule has 0 unspecified atom stereocenters. The van der Waals surface area contributed by atoms with E-state index in [1.165, 1.54) is 22.9 Å². The van der Waals surface area contributed by atoms with E-state index in [9.17, 15) is 4.79 Å². The highest BCUT2D eigenvalue weighted by molar-refractivity contribution is 7.99. The van der Waals surface area contributed by atoms with Gasteiger partial charge in [0, 0.05) is 0 Å². The molecule has 156 valence electrons. The molecule has 6 heteroatoms. The second kappa shape index (κ2) is 9.62. The van der Waals surface area contributed by atoms with Crippen molar-refractivity contribution in [2.75, 3.05) is 5.75 Å². The zero-order valence-corrected chi connectivity index (χ0v) is 18.4. The van der Waals surface area contributed by atoms with Crippen LogP contribution in [0.2, 0.25) is 0 Å². The molecule has 0 aliphatic carbocycles.